The van der Waals surface area contributed by atoms with E-state index < -0.39 is 6.03 Å². The third-order valence-corrected chi connectivity index (χ3v) is 7.61. The highest BCUT2D eigenvalue weighted by Crippen LogP contribution is 2.27. The molecule has 38 heavy (non-hydrogen) atoms. The second-order valence-electron chi connectivity index (χ2n) is 8.96. The highest BCUT2D eigenvalue weighted by Gasteiger charge is 2.10. The SMILES string of the molecule is CCN(CC)Cc1ccc2nc(NC(=O)N/N=C/c3cn(Cc4ccc(Cl)cc4)c4ccccc34)sc2c1. The molecule has 194 valence electrons. The van der Waals surface area contributed by atoms with Gasteiger partial charge in [-0.2, -0.15) is 5.10 Å². The Kier molecular flexibility index (Phi) is 8.03. The van der Waals surface area contributed by atoms with Crippen molar-refractivity contribution in [2.45, 2.75) is 26.9 Å². The number of hydrogen-bond acceptors (Lipinski definition) is 5. The fraction of sp³-hybridized carbons (Fsp3) is 0.207. The molecule has 2 heterocycles. The fourth-order valence-corrected chi connectivity index (χ4v) is 5.46. The number of anilines is 1. The van der Waals surface area contributed by atoms with Crippen LogP contribution in [0.3, 0.4) is 0 Å². The van der Waals surface area contributed by atoms with Gasteiger partial charge in [-0.3, -0.25) is 10.2 Å². The van der Waals surface area contributed by atoms with Gasteiger partial charge in [-0.15, -0.1) is 0 Å². The monoisotopic (exact) mass is 544 g/mol. The molecule has 0 fully saturated rings. The molecule has 0 radical (unpaired) electrons. The number of urea groups is 1. The third-order valence-electron chi connectivity index (χ3n) is 6.43. The predicted molar refractivity (Wildman–Crippen MR) is 158 cm³/mol. The van der Waals surface area contributed by atoms with E-state index in [-0.39, 0.29) is 0 Å². The lowest BCUT2D eigenvalue weighted by Gasteiger charge is -2.17. The van der Waals surface area contributed by atoms with Crippen molar-refractivity contribution in [2.24, 2.45) is 5.10 Å². The second kappa shape index (κ2) is 11.8. The first-order chi connectivity index (χ1) is 18.5. The van der Waals surface area contributed by atoms with Crippen LogP contribution in [0.4, 0.5) is 9.93 Å². The summed E-state index contributed by atoms with van der Waals surface area (Å²) in [6.07, 6.45) is 3.70. The molecule has 0 aliphatic carbocycles. The number of amides is 2. The molecule has 2 amide bonds. The van der Waals surface area contributed by atoms with E-state index in [0.717, 1.165) is 51.9 Å². The number of hydrazone groups is 1. The zero-order valence-corrected chi connectivity index (χ0v) is 22.9. The third kappa shape index (κ3) is 6.05. The van der Waals surface area contributed by atoms with Crippen molar-refractivity contribution in [1.29, 1.82) is 0 Å². The lowest BCUT2D eigenvalue weighted by molar-refractivity contribution is 0.252. The van der Waals surface area contributed by atoms with Gasteiger partial charge in [0.15, 0.2) is 5.13 Å². The molecule has 0 aliphatic rings. The molecule has 5 aromatic rings. The molecule has 0 atom stereocenters. The largest absolute Gasteiger partial charge is 0.342 e. The van der Waals surface area contributed by atoms with Gasteiger partial charge in [0.1, 0.15) is 0 Å². The van der Waals surface area contributed by atoms with Crippen molar-refractivity contribution in [1.82, 2.24) is 19.9 Å². The van der Waals surface area contributed by atoms with Gasteiger partial charge in [-0.1, -0.05) is 73.2 Å². The van der Waals surface area contributed by atoms with Crippen LogP contribution in [0.2, 0.25) is 5.02 Å². The minimum Gasteiger partial charge on any atom is -0.342 e. The van der Waals surface area contributed by atoms with Gasteiger partial charge in [0.25, 0.3) is 0 Å². The Morgan fingerprint density at radius 3 is 2.63 bits per heavy atom. The molecular formula is C29H29ClN6OS. The van der Waals surface area contributed by atoms with Crippen molar-refractivity contribution in [3.8, 4) is 0 Å². The topological polar surface area (TPSA) is 74.6 Å². The number of para-hydroxylation sites is 1. The van der Waals surface area contributed by atoms with Crippen LogP contribution in [0.15, 0.2) is 78.0 Å². The van der Waals surface area contributed by atoms with Gasteiger partial charge < -0.3 is 4.57 Å². The summed E-state index contributed by atoms with van der Waals surface area (Å²) in [7, 11) is 0. The summed E-state index contributed by atoms with van der Waals surface area (Å²) in [5.41, 5.74) is 7.81. The first-order valence-corrected chi connectivity index (χ1v) is 13.8. The first-order valence-electron chi connectivity index (χ1n) is 12.6. The quantitative estimate of drug-likeness (QED) is 0.156. The Labute approximate surface area is 230 Å². The number of hydrogen-bond donors (Lipinski definition) is 2. The lowest BCUT2D eigenvalue weighted by atomic mass is 10.2. The summed E-state index contributed by atoms with van der Waals surface area (Å²) in [5, 5.41) is 9.30. The minimum atomic E-state index is -0.437. The highest BCUT2D eigenvalue weighted by atomic mass is 35.5. The smallest absolute Gasteiger partial charge is 0.341 e. The lowest BCUT2D eigenvalue weighted by Crippen LogP contribution is -2.24. The highest BCUT2D eigenvalue weighted by molar-refractivity contribution is 7.22. The number of carbonyl (C=O) groups is 1. The van der Waals surface area contributed by atoms with Gasteiger partial charge in [0.05, 0.1) is 16.4 Å². The number of halogens is 1. The van der Waals surface area contributed by atoms with E-state index in [4.69, 9.17) is 11.6 Å². The maximum atomic E-state index is 12.5. The zero-order valence-electron chi connectivity index (χ0n) is 21.3. The summed E-state index contributed by atoms with van der Waals surface area (Å²) < 4.78 is 3.21. The Balaban J connectivity index is 1.25. The van der Waals surface area contributed by atoms with Crippen LogP contribution in [0.25, 0.3) is 21.1 Å². The maximum absolute atomic E-state index is 12.5. The summed E-state index contributed by atoms with van der Waals surface area (Å²) in [5.74, 6) is 0. The summed E-state index contributed by atoms with van der Waals surface area (Å²) >= 11 is 7.49. The Morgan fingerprint density at radius 2 is 1.84 bits per heavy atom. The van der Waals surface area contributed by atoms with Gasteiger partial charge in [-0.05, 0) is 54.5 Å². The Morgan fingerprint density at radius 1 is 1.08 bits per heavy atom. The van der Waals surface area contributed by atoms with Crippen molar-refractivity contribution >= 4 is 61.4 Å². The van der Waals surface area contributed by atoms with Crippen LogP contribution in [-0.2, 0) is 13.1 Å². The molecule has 7 nitrogen and oxygen atoms in total. The Bertz CT molecular complexity index is 1590. The maximum Gasteiger partial charge on any atom is 0.341 e. The molecule has 0 aliphatic heterocycles. The molecule has 5 rings (SSSR count). The summed E-state index contributed by atoms with van der Waals surface area (Å²) in [6, 6.07) is 21.8. The van der Waals surface area contributed by atoms with Crippen molar-refractivity contribution in [3.05, 3.63) is 94.6 Å². The normalized spacial score (nSPS) is 11.7. The number of fused-ring (bicyclic) bond motifs is 2. The van der Waals surface area contributed by atoms with E-state index in [1.165, 1.54) is 16.9 Å². The fourth-order valence-electron chi connectivity index (χ4n) is 4.41. The Hall–Kier alpha value is -3.72. The number of aromatic nitrogens is 2. The van der Waals surface area contributed by atoms with Crippen molar-refractivity contribution < 1.29 is 4.79 Å². The molecule has 2 N–H and O–H groups in total. The van der Waals surface area contributed by atoms with E-state index >= 15 is 0 Å². The van der Waals surface area contributed by atoms with Crippen LogP contribution in [0.5, 0.6) is 0 Å². The molecule has 0 bridgehead atoms. The first kappa shape index (κ1) is 25.9. The van der Waals surface area contributed by atoms with Crippen molar-refractivity contribution in [3.63, 3.8) is 0 Å². The summed E-state index contributed by atoms with van der Waals surface area (Å²) in [4.78, 5) is 19.4. The van der Waals surface area contributed by atoms with Gasteiger partial charge in [0, 0.05) is 40.8 Å². The number of benzene rings is 3. The number of carbonyl (C=O) groups excluding carboxylic acids is 1. The van der Waals surface area contributed by atoms with Crippen LogP contribution in [0.1, 0.15) is 30.5 Å². The standard InChI is InChI=1S/C29H29ClN6OS/c1-3-35(4-2)17-21-11-14-25-27(15-21)38-29(32-25)33-28(37)34-31-16-22-19-36(26-8-6-5-7-24(22)26)18-20-9-12-23(30)13-10-20/h5-16,19H,3-4,17-18H2,1-2H3,(H2,32,33,34,37)/b31-16+. The van der Waals surface area contributed by atoms with E-state index in [2.05, 4.69) is 62.3 Å². The number of nitrogens with one attached hydrogen (secondary N) is 2. The summed E-state index contributed by atoms with van der Waals surface area (Å²) in [6.45, 7) is 7.94. The molecule has 0 saturated carbocycles. The zero-order chi connectivity index (χ0) is 26.5. The van der Waals surface area contributed by atoms with Gasteiger partial charge in [-0.25, -0.2) is 15.2 Å². The van der Waals surface area contributed by atoms with Crippen LogP contribution in [0, 0.1) is 0 Å². The molecule has 3 aromatic carbocycles. The average molecular weight is 545 g/mol. The average Bonchev–Trinajstić information content (AvgIpc) is 3.48. The second-order valence-corrected chi connectivity index (χ2v) is 10.4. The predicted octanol–water partition coefficient (Wildman–Crippen LogP) is 6.95. The van der Waals surface area contributed by atoms with Crippen LogP contribution in [-0.4, -0.2) is 39.8 Å². The molecule has 0 saturated heterocycles. The van der Waals surface area contributed by atoms with E-state index in [9.17, 15) is 4.79 Å². The number of rotatable bonds is 9. The van der Waals surface area contributed by atoms with Gasteiger partial charge in [0.2, 0.25) is 0 Å². The molecule has 9 heteroatoms. The number of nitrogens with zero attached hydrogens (tertiary/aromatic N) is 4. The molecule has 0 unspecified atom stereocenters. The van der Waals surface area contributed by atoms with E-state index in [1.54, 1.807) is 6.21 Å². The van der Waals surface area contributed by atoms with Gasteiger partial charge >= 0.3 is 6.03 Å². The van der Waals surface area contributed by atoms with Crippen LogP contribution < -0.4 is 10.7 Å². The minimum absolute atomic E-state index is 0.437. The molecule has 2 aromatic heterocycles. The molecule has 0 spiro atoms. The van der Waals surface area contributed by atoms with Crippen molar-refractivity contribution in [2.75, 3.05) is 18.4 Å². The molecular weight excluding hydrogens is 516 g/mol. The van der Waals surface area contributed by atoms with Crippen LogP contribution >= 0.6 is 22.9 Å². The van der Waals surface area contributed by atoms with E-state index in [0.29, 0.717) is 16.7 Å². The number of thiazole rings is 1. The van der Waals surface area contributed by atoms with E-state index in [1.807, 2.05) is 54.7 Å².